The van der Waals surface area contributed by atoms with Crippen molar-refractivity contribution in [1.82, 2.24) is 5.32 Å². The first-order chi connectivity index (χ1) is 15.9. The number of hydrogen-bond donors (Lipinski definition) is 1. The summed E-state index contributed by atoms with van der Waals surface area (Å²) in [7, 11) is 0. The van der Waals surface area contributed by atoms with Crippen LogP contribution in [0.15, 0.2) is 77.7 Å². The van der Waals surface area contributed by atoms with Crippen molar-refractivity contribution < 1.29 is 14.1 Å². The largest absolute Gasteiger partial charge is 0.352 e. The van der Waals surface area contributed by atoms with E-state index in [0.717, 1.165) is 22.3 Å². The second kappa shape index (κ2) is 9.83. The van der Waals surface area contributed by atoms with Crippen molar-refractivity contribution in [3.8, 4) is 0 Å². The second-order valence-corrected chi connectivity index (χ2v) is 8.49. The van der Waals surface area contributed by atoms with Crippen LogP contribution in [0.4, 0.5) is 10.1 Å². The summed E-state index contributed by atoms with van der Waals surface area (Å²) in [5.74, 6) is -0.601. The Kier molecular flexibility index (Phi) is 6.70. The highest BCUT2D eigenvalue weighted by Gasteiger charge is 2.21. The van der Waals surface area contributed by atoms with Crippen LogP contribution in [0.3, 0.4) is 0 Å². The van der Waals surface area contributed by atoms with Gasteiger partial charge < -0.3 is 5.32 Å². The van der Waals surface area contributed by atoms with Gasteiger partial charge in [0.15, 0.2) is 0 Å². The Morgan fingerprint density at radius 3 is 2.61 bits per heavy atom. The third-order valence-corrected chi connectivity index (χ3v) is 6.11. The molecule has 0 radical (unpaired) electrons. The van der Waals surface area contributed by atoms with E-state index in [1.165, 1.54) is 29.2 Å². The molecular formula is C26H21FN2O3S. The quantitative estimate of drug-likeness (QED) is 0.263. The summed E-state index contributed by atoms with van der Waals surface area (Å²) in [4.78, 5) is 24.3. The van der Waals surface area contributed by atoms with E-state index in [1.807, 2.05) is 42.7 Å². The number of halogens is 1. The van der Waals surface area contributed by atoms with E-state index >= 15 is 0 Å². The summed E-state index contributed by atoms with van der Waals surface area (Å²) in [6.07, 6.45) is 6.04. The molecule has 1 aliphatic carbocycles. The van der Waals surface area contributed by atoms with Gasteiger partial charge in [0.2, 0.25) is 5.91 Å². The summed E-state index contributed by atoms with van der Waals surface area (Å²) in [5, 5.41) is 13.7. The number of nitrogens with zero attached hydrogens (tertiary/aromatic N) is 1. The van der Waals surface area contributed by atoms with E-state index in [9.17, 15) is 19.3 Å². The van der Waals surface area contributed by atoms with Crippen LogP contribution >= 0.6 is 11.8 Å². The van der Waals surface area contributed by atoms with Gasteiger partial charge in [-0.25, -0.2) is 4.39 Å². The number of benzene rings is 3. The maximum atomic E-state index is 14.0. The summed E-state index contributed by atoms with van der Waals surface area (Å²) < 4.78 is 14.0. The second-order valence-electron chi connectivity index (χ2n) is 7.61. The number of non-ortho nitro benzene ring substituents is 1. The first kappa shape index (κ1) is 22.5. The fraction of sp³-hybridized carbons (Fsp3) is 0.115. The van der Waals surface area contributed by atoms with Gasteiger partial charge in [0, 0.05) is 23.6 Å². The molecular weight excluding hydrogens is 439 g/mol. The monoisotopic (exact) mass is 460 g/mol. The standard InChI is InChI=1S/C26H21FN2O3S/c1-33-23-8-5-17(6-9-23)11-19-13-20(25-15-21(27)7-10-24(19)25)14-26(30)28-16-18-3-2-4-22(12-18)29(31)32/h2-13,15H,14,16H2,1H3,(H,28,30)/b19-11+. The van der Waals surface area contributed by atoms with Crippen LogP contribution in [0.2, 0.25) is 0 Å². The number of nitro benzene ring substituents is 1. The molecule has 0 unspecified atom stereocenters. The van der Waals surface area contributed by atoms with Crippen LogP contribution in [0.5, 0.6) is 0 Å². The van der Waals surface area contributed by atoms with Crippen LogP contribution in [0.25, 0.3) is 17.2 Å². The van der Waals surface area contributed by atoms with Crippen molar-refractivity contribution in [2.45, 2.75) is 17.9 Å². The maximum Gasteiger partial charge on any atom is 0.269 e. The number of thioether (sulfide) groups is 1. The van der Waals surface area contributed by atoms with Gasteiger partial charge in [0.25, 0.3) is 5.69 Å². The van der Waals surface area contributed by atoms with Crippen LogP contribution in [-0.4, -0.2) is 17.1 Å². The summed E-state index contributed by atoms with van der Waals surface area (Å²) in [6, 6.07) is 18.9. The lowest BCUT2D eigenvalue weighted by atomic mass is 10.0. The Hall–Kier alpha value is -3.71. The van der Waals surface area contributed by atoms with Gasteiger partial charge in [-0.2, -0.15) is 0 Å². The molecule has 0 aromatic heterocycles. The zero-order chi connectivity index (χ0) is 23.4. The molecule has 1 aliphatic rings. The number of carbonyl (C=O) groups is 1. The predicted molar refractivity (Wildman–Crippen MR) is 130 cm³/mol. The molecule has 0 bridgehead atoms. The van der Waals surface area contributed by atoms with Crippen molar-refractivity contribution in [2.75, 3.05) is 6.26 Å². The molecule has 0 saturated carbocycles. The van der Waals surface area contributed by atoms with Gasteiger partial charge in [-0.3, -0.25) is 14.9 Å². The fourth-order valence-electron chi connectivity index (χ4n) is 3.74. The van der Waals surface area contributed by atoms with Crippen LogP contribution in [0, 0.1) is 15.9 Å². The summed E-state index contributed by atoms with van der Waals surface area (Å²) in [6.45, 7) is 0.175. The molecule has 33 heavy (non-hydrogen) atoms. The summed E-state index contributed by atoms with van der Waals surface area (Å²) >= 11 is 1.67. The van der Waals surface area contributed by atoms with E-state index in [1.54, 1.807) is 30.0 Å². The van der Waals surface area contributed by atoms with Crippen LogP contribution < -0.4 is 5.32 Å². The lowest BCUT2D eigenvalue weighted by Gasteiger charge is -2.08. The molecule has 4 rings (SSSR count). The molecule has 0 fully saturated rings. The summed E-state index contributed by atoms with van der Waals surface area (Å²) in [5.41, 5.74) is 4.87. The van der Waals surface area contributed by atoms with Gasteiger partial charge in [-0.1, -0.05) is 30.3 Å². The average molecular weight is 461 g/mol. The topological polar surface area (TPSA) is 72.2 Å². The molecule has 1 amide bonds. The number of rotatable bonds is 7. The third-order valence-electron chi connectivity index (χ3n) is 5.37. The highest BCUT2D eigenvalue weighted by molar-refractivity contribution is 7.98. The fourth-order valence-corrected chi connectivity index (χ4v) is 4.15. The van der Waals surface area contributed by atoms with E-state index in [2.05, 4.69) is 5.32 Å². The number of allylic oxidation sites excluding steroid dienone is 2. The van der Waals surface area contributed by atoms with E-state index in [-0.39, 0.29) is 30.4 Å². The van der Waals surface area contributed by atoms with Gasteiger partial charge >= 0.3 is 0 Å². The number of nitro groups is 1. The van der Waals surface area contributed by atoms with Gasteiger partial charge in [0.1, 0.15) is 5.82 Å². The highest BCUT2D eigenvalue weighted by Crippen LogP contribution is 2.38. The molecule has 5 nitrogen and oxygen atoms in total. The zero-order valence-corrected chi connectivity index (χ0v) is 18.7. The molecule has 1 N–H and O–H groups in total. The molecule has 3 aromatic carbocycles. The lowest BCUT2D eigenvalue weighted by molar-refractivity contribution is -0.384. The minimum absolute atomic E-state index is 0.0232. The van der Waals surface area contributed by atoms with Crippen molar-refractivity contribution in [2.24, 2.45) is 0 Å². The van der Waals surface area contributed by atoms with E-state index < -0.39 is 4.92 Å². The van der Waals surface area contributed by atoms with Crippen molar-refractivity contribution in [1.29, 1.82) is 0 Å². The average Bonchev–Trinajstić information content (AvgIpc) is 3.14. The molecule has 0 atom stereocenters. The van der Waals surface area contributed by atoms with E-state index in [4.69, 9.17) is 0 Å². The first-order valence-corrected chi connectivity index (χ1v) is 11.5. The van der Waals surface area contributed by atoms with Gasteiger partial charge in [-0.15, -0.1) is 11.8 Å². The maximum absolute atomic E-state index is 14.0. The smallest absolute Gasteiger partial charge is 0.269 e. The number of carbonyl (C=O) groups excluding carboxylic acids is 1. The first-order valence-electron chi connectivity index (χ1n) is 10.3. The number of fused-ring (bicyclic) bond motifs is 1. The molecule has 0 heterocycles. The van der Waals surface area contributed by atoms with Crippen molar-refractivity contribution in [3.63, 3.8) is 0 Å². The molecule has 0 spiro atoms. The lowest BCUT2D eigenvalue weighted by Crippen LogP contribution is -2.22. The predicted octanol–water partition coefficient (Wildman–Crippen LogP) is 6.10. The molecule has 0 aliphatic heterocycles. The van der Waals surface area contributed by atoms with Gasteiger partial charge in [-0.05, 0) is 76.1 Å². The Morgan fingerprint density at radius 2 is 1.88 bits per heavy atom. The van der Waals surface area contributed by atoms with Crippen LogP contribution in [-0.2, 0) is 11.3 Å². The minimum Gasteiger partial charge on any atom is -0.352 e. The SMILES string of the molecule is CSc1ccc(/C=C2\C=C(CC(=O)NCc3cccc([N+](=O)[O-])c3)c3cc(F)ccc32)cc1. The van der Waals surface area contributed by atoms with Crippen molar-refractivity contribution >= 4 is 40.6 Å². The van der Waals surface area contributed by atoms with E-state index in [0.29, 0.717) is 11.1 Å². The Labute approximate surface area is 195 Å². The molecule has 7 heteroatoms. The van der Waals surface area contributed by atoms with Crippen molar-refractivity contribution in [3.05, 3.63) is 111 Å². The highest BCUT2D eigenvalue weighted by atomic mass is 32.2. The Bertz CT molecular complexity index is 1280. The molecule has 166 valence electrons. The minimum atomic E-state index is -0.470. The number of nitrogens with one attached hydrogen (secondary N) is 1. The third kappa shape index (κ3) is 5.38. The Morgan fingerprint density at radius 1 is 1.09 bits per heavy atom. The van der Waals surface area contributed by atoms with Crippen LogP contribution in [0.1, 0.15) is 28.7 Å². The molecule has 0 saturated heterocycles. The molecule has 3 aromatic rings. The number of hydrogen-bond acceptors (Lipinski definition) is 4. The van der Waals surface area contributed by atoms with Gasteiger partial charge in [0.05, 0.1) is 11.3 Å². The Balaban J connectivity index is 1.52. The zero-order valence-electron chi connectivity index (χ0n) is 17.9. The normalized spacial score (nSPS) is 13.5. The number of amides is 1.